The van der Waals surface area contributed by atoms with Crippen molar-refractivity contribution < 1.29 is 23.9 Å². The largest absolute Gasteiger partial charge is 0.461 e. The van der Waals surface area contributed by atoms with E-state index in [1.807, 2.05) is 0 Å². The van der Waals surface area contributed by atoms with Crippen molar-refractivity contribution in [3.05, 3.63) is 11.3 Å². The van der Waals surface area contributed by atoms with Crippen LogP contribution in [0.15, 0.2) is 11.3 Å². The summed E-state index contributed by atoms with van der Waals surface area (Å²) in [6, 6.07) is -0.240. The third-order valence-electron chi connectivity index (χ3n) is 7.58. The van der Waals surface area contributed by atoms with E-state index < -0.39 is 11.9 Å². The van der Waals surface area contributed by atoms with Gasteiger partial charge in [-0.1, -0.05) is 0 Å². The number of ether oxygens (including phenoxy) is 2. The van der Waals surface area contributed by atoms with Crippen molar-refractivity contribution in [2.45, 2.75) is 62.1 Å². The van der Waals surface area contributed by atoms with Gasteiger partial charge < -0.3 is 9.47 Å². The van der Waals surface area contributed by atoms with Gasteiger partial charge in [-0.25, -0.2) is 4.79 Å². The number of hydrogen-bond donors (Lipinski definition) is 1. The lowest BCUT2D eigenvalue weighted by molar-refractivity contribution is -0.170. The lowest BCUT2D eigenvalue weighted by Gasteiger charge is -2.61. The summed E-state index contributed by atoms with van der Waals surface area (Å²) in [6.07, 6.45) is 5.33. The van der Waals surface area contributed by atoms with E-state index in [0.29, 0.717) is 34.8 Å². The number of rotatable bonds is 2. The number of β-lactam (4-membered cyclic amide) rings is 1. The van der Waals surface area contributed by atoms with E-state index in [1.165, 1.54) is 6.92 Å². The fourth-order valence-electron chi connectivity index (χ4n) is 6.83. The van der Waals surface area contributed by atoms with Crippen LogP contribution in [0.3, 0.4) is 0 Å². The van der Waals surface area contributed by atoms with Crippen molar-refractivity contribution >= 4 is 29.6 Å². The maximum absolute atomic E-state index is 13.3. The van der Waals surface area contributed by atoms with Crippen molar-refractivity contribution in [3.63, 3.8) is 0 Å². The summed E-state index contributed by atoms with van der Waals surface area (Å²) in [7, 11) is 0. The normalized spacial score (nSPS) is 45.5. The smallest absolute Gasteiger partial charge is 0.355 e. The molecule has 4 aliphatic carbocycles. The highest BCUT2D eigenvalue weighted by Crippen LogP contribution is 2.58. The molecule has 1 N–H and O–H groups in total. The Morgan fingerprint density at radius 3 is 2.75 bits per heavy atom. The molecule has 0 aromatic rings. The van der Waals surface area contributed by atoms with Crippen LogP contribution in [0.5, 0.6) is 0 Å². The van der Waals surface area contributed by atoms with Gasteiger partial charge in [0.05, 0.1) is 0 Å². The molecule has 8 heteroatoms. The predicted octanol–water partition coefficient (Wildman–Crippen LogP) is 1.18. The third-order valence-corrected chi connectivity index (χ3v) is 8.92. The topological polar surface area (TPSA) is 84.9 Å². The molecule has 8 aliphatic rings. The molecule has 150 valence electrons. The molecular formula is C20H24N2O5S. The molecule has 0 radical (unpaired) electrons. The van der Waals surface area contributed by atoms with Crippen LogP contribution in [0.25, 0.3) is 0 Å². The molecule has 0 aromatic heterocycles. The van der Waals surface area contributed by atoms with E-state index >= 15 is 0 Å². The first kappa shape index (κ1) is 17.3. The minimum atomic E-state index is -0.410. The summed E-state index contributed by atoms with van der Waals surface area (Å²) in [5, 5.41) is 3.69. The Morgan fingerprint density at radius 1 is 1.29 bits per heavy atom. The zero-order valence-corrected chi connectivity index (χ0v) is 16.6. The lowest BCUT2D eigenvalue weighted by atomic mass is 9.51. The van der Waals surface area contributed by atoms with Crippen LogP contribution in [-0.4, -0.2) is 58.2 Å². The number of carbonyl (C=O) groups excluding carboxylic acids is 3. The number of nitrogens with one attached hydrogen (secondary N) is 1. The van der Waals surface area contributed by atoms with Crippen LogP contribution in [0, 0.1) is 17.8 Å². The van der Waals surface area contributed by atoms with Gasteiger partial charge in [-0.3, -0.25) is 19.8 Å². The van der Waals surface area contributed by atoms with Gasteiger partial charge in [0.2, 0.25) is 5.91 Å². The Balaban J connectivity index is 1.42. The van der Waals surface area contributed by atoms with Crippen LogP contribution in [0.4, 0.5) is 0 Å². The Hall–Kier alpha value is -1.54. The zero-order chi connectivity index (χ0) is 19.2. The highest BCUT2D eigenvalue weighted by atomic mass is 32.2. The SMILES string of the molecule is CC(=O)OCC1=C2C(=O)OC3C4CC5CC3CC(C5)(C4)N[C@H]3C(=O)N2[C@@H]3SC1. The number of nitrogens with zero attached hydrogens (tertiary/aromatic N) is 1. The Bertz CT molecular complexity index is 809. The number of carbonyl (C=O) groups is 3. The molecule has 1 spiro atoms. The number of hydrogen-bond acceptors (Lipinski definition) is 7. The Labute approximate surface area is 167 Å². The van der Waals surface area contributed by atoms with Crippen molar-refractivity contribution in [2.24, 2.45) is 17.8 Å². The van der Waals surface area contributed by atoms with Crippen molar-refractivity contribution in [1.82, 2.24) is 10.2 Å². The minimum Gasteiger partial charge on any atom is -0.461 e. The zero-order valence-electron chi connectivity index (χ0n) is 15.8. The van der Waals surface area contributed by atoms with Crippen LogP contribution < -0.4 is 5.32 Å². The van der Waals surface area contributed by atoms with Gasteiger partial charge in [-0.05, 0) is 49.9 Å². The highest BCUT2D eigenvalue weighted by molar-refractivity contribution is 8.00. The lowest BCUT2D eigenvalue weighted by Crippen LogP contribution is -2.74. The quantitative estimate of drug-likeness (QED) is 0.546. The van der Waals surface area contributed by atoms with Gasteiger partial charge in [0, 0.05) is 23.8 Å². The van der Waals surface area contributed by atoms with Crippen LogP contribution in [0.2, 0.25) is 0 Å². The molecule has 7 nitrogen and oxygen atoms in total. The number of amides is 1. The van der Waals surface area contributed by atoms with Gasteiger partial charge >= 0.3 is 11.9 Å². The first-order valence-corrected chi connectivity index (χ1v) is 11.3. The molecule has 2 unspecified atom stereocenters. The second-order valence-electron chi connectivity index (χ2n) is 9.38. The minimum absolute atomic E-state index is 0.0264. The van der Waals surface area contributed by atoms with E-state index in [0.717, 1.165) is 32.1 Å². The molecule has 8 rings (SSSR count). The molecule has 4 atom stereocenters. The summed E-state index contributed by atoms with van der Waals surface area (Å²) < 4.78 is 11.3. The third kappa shape index (κ3) is 2.30. The molecule has 4 saturated carbocycles. The average Bonchev–Trinajstić information content (AvgIpc) is 2.67. The summed E-state index contributed by atoms with van der Waals surface area (Å²) in [5.41, 5.74) is 1.02. The standard InChI is InChI=1S/C20H24N2O5S/c1-9(23)26-7-13-8-28-18-14-17(24)22(18)15(13)19(25)27-16-11-2-10-3-12(16)6-20(4-10,5-11)21-14/h10-12,14,16,18,21H,2-8H2,1H3/t10?,11?,12?,14-,16?,18+,20?/m0/s1. The second kappa shape index (κ2) is 5.75. The van der Waals surface area contributed by atoms with Crippen molar-refractivity contribution in [3.8, 4) is 0 Å². The Morgan fingerprint density at radius 2 is 2.04 bits per heavy atom. The number of fused-ring (bicyclic) bond motifs is 1. The van der Waals surface area contributed by atoms with Gasteiger partial charge in [-0.15, -0.1) is 11.8 Å². The van der Waals surface area contributed by atoms with Crippen molar-refractivity contribution in [2.75, 3.05) is 12.4 Å². The van der Waals surface area contributed by atoms with E-state index in [2.05, 4.69) is 5.32 Å². The summed E-state index contributed by atoms with van der Waals surface area (Å²) >= 11 is 1.64. The molecule has 7 bridgehead atoms. The molecule has 0 aromatic carbocycles. The van der Waals surface area contributed by atoms with Gasteiger partial charge in [-0.2, -0.15) is 0 Å². The molecule has 1 amide bonds. The first-order chi connectivity index (χ1) is 13.4. The second-order valence-corrected chi connectivity index (χ2v) is 10.5. The van der Waals surface area contributed by atoms with Crippen LogP contribution in [0.1, 0.15) is 39.0 Å². The summed E-state index contributed by atoms with van der Waals surface area (Å²) in [5.74, 6) is 1.15. The number of thioether (sulfide) groups is 1. The fraction of sp³-hybridized carbons (Fsp3) is 0.750. The molecule has 3 saturated heterocycles. The summed E-state index contributed by atoms with van der Waals surface area (Å²) in [4.78, 5) is 39.2. The van der Waals surface area contributed by atoms with E-state index in [-0.39, 0.29) is 35.6 Å². The molecule has 28 heavy (non-hydrogen) atoms. The molecular weight excluding hydrogens is 380 g/mol. The van der Waals surface area contributed by atoms with Gasteiger partial charge in [0.15, 0.2) is 0 Å². The van der Waals surface area contributed by atoms with Crippen LogP contribution >= 0.6 is 11.8 Å². The predicted molar refractivity (Wildman–Crippen MR) is 99.8 cm³/mol. The summed E-state index contributed by atoms with van der Waals surface area (Å²) in [6.45, 7) is 1.38. The number of esters is 2. The fourth-order valence-corrected chi connectivity index (χ4v) is 8.15. The van der Waals surface area contributed by atoms with Crippen LogP contribution in [-0.2, 0) is 23.9 Å². The van der Waals surface area contributed by atoms with E-state index in [9.17, 15) is 14.4 Å². The molecule has 7 fully saturated rings. The molecule has 4 heterocycles. The maximum Gasteiger partial charge on any atom is 0.355 e. The van der Waals surface area contributed by atoms with Gasteiger partial charge in [0.1, 0.15) is 29.8 Å². The molecule has 4 aliphatic heterocycles. The van der Waals surface area contributed by atoms with E-state index in [4.69, 9.17) is 9.47 Å². The first-order valence-electron chi connectivity index (χ1n) is 10.2. The van der Waals surface area contributed by atoms with E-state index in [1.54, 1.807) is 16.7 Å². The maximum atomic E-state index is 13.3. The van der Waals surface area contributed by atoms with Crippen molar-refractivity contribution in [1.29, 1.82) is 0 Å². The Kier molecular flexibility index (Phi) is 3.56. The average molecular weight is 404 g/mol. The highest BCUT2D eigenvalue weighted by Gasteiger charge is 2.62. The monoisotopic (exact) mass is 404 g/mol. The van der Waals surface area contributed by atoms with Gasteiger partial charge in [0.25, 0.3) is 0 Å².